The average Bonchev–Trinajstić information content (AvgIpc) is 2.29. The van der Waals surface area contributed by atoms with Crippen LogP contribution in [-0.4, -0.2) is 37.4 Å². The summed E-state index contributed by atoms with van der Waals surface area (Å²) in [5.74, 6) is 0. The van der Waals surface area contributed by atoms with Crippen LogP contribution >= 0.6 is 0 Å². The molecule has 0 unspecified atom stereocenters. The molecule has 0 aromatic heterocycles. The number of rotatable bonds is 3. The van der Waals surface area contributed by atoms with Gasteiger partial charge in [0.1, 0.15) is 0 Å². The summed E-state index contributed by atoms with van der Waals surface area (Å²) in [7, 11) is 2.05. The molecule has 0 aliphatic carbocycles. The molecular formula is C14H22N2O. The number of nitrogens with one attached hydrogen (secondary N) is 1. The molecule has 94 valence electrons. The first-order valence-corrected chi connectivity index (χ1v) is 6.30. The van der Waals surface area contributed by atoms with Crippen molar-refractivity contribution in [1.29, 1.82) is 0 Å². The zero-order valence-corrected chi connectivity index (χ0v) is 10.7. The van der Waals surface area contributed by atoms with Gasteiger partial charge in [-0.2, -0.15) is 0 Å². The van der Waals surface area contributed by atoms with Crippen LogP contribution in [0.25, 0.3) is 0 Å². The number of hydrogen-bond acceptors (Lipinski definition) is 3. The van der Waals surface area contributed by atoms with Crippen LogP contribution < -0.4 is 10.2 Å². The Balaban J connectivity index is 2.03. The van der Waals surface area contributed by atoms with E-state index >= 15 is 0 Å². The number of benzene rings is 1. The highest BCUT2D eigenvalue weighted by Gasteiger charge is 2.30. The number of anilines is 1. The van der Waals surface area contributed by atoms with Crippen LogP contribution in [0.1, 0.15) is 18.4 Å². The highest BCUT2D eigenvalue weighted by molar-refractivity contribution is 5.48. The molecule has 1 aromatic rings. The first kappa shape index (κ1) is 12.4. The number of likely N-dealkylation sites (N-methyl/N-ethyl adjacent to an activating group) is 1. The minimum absolute atomic E-state index is 0.538. The molecule has 0 saturated carbocycles. The van der Waals surface area contributed by atoms with E-state index in [2.05, 4.69) is 48.5 Å². The predicted molar refractivity (Wildman–Crippen MR) is 71.5 cm³/mol. The van der Waals surface area contributed by atoms with Gasteiger partial charge in [-0.15, -0.1) is 0 Å². The molecule has 3 nitrogen and oxygen atoms in total. The van der Waals surface area contributed by atoms with E-state index in [1.165, 1.54) is 11.3 Å². The molecule has 0 radical (unpaired) electrons. The van der Waals surface area contributed by atoms with E-state index in [1.807, 2.05) is 0 Å². The Labute approximate surface area is 103 Å². The van der Waals surface area contributed by atoms with Crippen molar-refractivity contribution in [3.05, 3.63) is 29.8 Å². The van der Waals surface area contributed by atoms with Gasteiger partial charge in [-0.1, -0.05) is 12.1 Å². The van der Waals surface area contributed by atoms with Gasteiger partial charge in [0.2, 0.25) is 0 Å². The van der Waals surface area contributed by atoms with E-state index in [9.17, 15) is 5.11 Å². The van der Waals surface area contributed by atoms with Crippen LogP contribution in [0.3, 0.4) is 0 Å². The fourth-order valence-electron chi connectivity index (χ4n) is 2.45. The van der Waals surface area contributed by atoms with Crippen LogP contribution in [0.15, 0.2) is 24.3 Å². The Morgan fingerprint density at radius 2 is 2.06 bits per heavy atom. The van der Waals surface area contributed by atoms with Crippen LogP contribution in [0.2, 0.25) is 0 Å². The maximum atomic E-state index is 10.5. The highest BCUT2D eigenvalue weighted by Crippen LogP contribution is 2.22. The first-order chi connectivity index (χ1) is 8.09. The van der Waals surface area contributed by atoms with Gasteiger partial charge in [-0.25, -0.2) is 0 Å². The second-order valence-corrected chi connectivity index (χ2v) is 5.17. The number of aryl methyl sites for hydroxylation is 1. The van der Waals surface area contributed by atoms with Crippen molar-refractivity contribution >= 4 is 5.69 Å². The van der Waals surface area contributed by atoms with Gasteiger partial charge in [-0.05, 0) is 50.6 Å². The normalized spacial score (nSPS) is 19.0. The summed E-state index contributed by atoms with van der Waals surface area (Å²) >= 11 is 0. The Bertz CT molecular complexity index is 372. The molecule has 0 spiro atoms. The smallest absolute Gasteiger partial charge is 0.0845 e. The molecule has 1 aromatic carbocycles. The van der Waals surface area contributed by atoms with E-state index in [1.54, 1.807) is 0 Å². The lowest BCUT2D eigenvalue weighted by Gasteiger charge is -2.36. The topological polar surface area (TPSA) is 35.5 Å². The average molecular weight is 234 g/mol. The van der Waals surface area contributed by atoms with Gasteiger partial charge in [0, 0.05) is 19.3 Å². The largest absolute Gasteiger partial charge is 0.388 e. The molecule has 1 aliphatic rings. The summed E-state index contributed by atoms with van der Waals surface area (Å²) in [5.41, 5.74) is 1.90. The molecule has 0 atom stereocenters. The van der Waals surface area contributed by atoms with Crippen molar-refractivity contribution in [3.8, 4) is 0 Å². The van der Waals surface area contributed by atoms with Crippen molar-refractivity contribution in [2.75, 3.05) is 31.6 Å². The molecule has 17 heavy (non-hydrogen) atoms. The molecule has 0 bridgehead atoms. The Kier molecular flexibility index (Phi) is 3.69. The van der Waals surface area contributed by atoms with Crippen molar-refractivity contribution in [2.45, 2.75) is 25.4 Å². The Morgan fingerprint density at radius 3 is 2.71 bits per heavy atom. The second-order valence-electron chi connectivity index (χ2n) is 5.17. The van der Waals surface area contributed by atoms with E-state index < -0.39 is 5.60 Å². The van der Waals surface area contributed by atoms with Crippen LogP contribution in [0, 0.1) is 6.92 Å². The lowest BCUT2D eigenvalue weighted by molar-refractivity contribution is 0.0183. The van der Waals surface area contributed by atoms with Crippen LogP contribution in [0.5, 0.6) is 0 Å². The Hall–Kier alpha value is -1.06. The SMILES string of the molecule is Cc1cccc(N(C)CC2(O)CCNCC2)c1. The molecule has 2 rings (SSSR count). The standard InChI is InChI=1S/C14H22N2O/c1-12-4-3-5-13(10-12)16(2)11-14(17)6-8-15-9-7-14/h3-5,10,15,17H,6-9,11H2,1-2H3. The summed E-state index contributed by atoms with van der Waals surface area (Å²) in [4.78, 5) is 2.15. The minimum Gasteiger partial charge on any atom is -0.388 e. The summed E-state index contributed by atoms with van der Waals surface area (Å²) < 4.78 is 0. The van der Waals surface area contributed by atoms with Gasteiger partial charge in [0.05, 0.1) is 5.60 Å². The molecule has 1 saturated heterocycles. The fourth-order valence-corrected chi connectivity index (χ4v) is 2.45. The molecule has 0 amide bonds. The summed E-state index contributed by atoms with van der Waals surface area (Å²) in [6.45, 7) is 4.63. The van der Waals surface area contributed by atoms with E-state index in [0.717, 1.165) is 25.9 Å². The van der Waals surface area contributed by atoms with Gasteiger partial charge in [-0.3, -0.25) is 0 Å². The number of nitrogens with zero attached hydrogens (tertiary/aromatic N) is 1. The zero-order chi connectivity index (χ0) is 12.3. The molecule has 3 heteroatoms. The van der Waals surface area contributed by atoms with Gasteiger partial charge in [0.25, 0.3) is 0 Å². The third-order valence-electron chi connectivity index (χ3n) is 3.51. The maximum Gasteiger partial charge on any atom is 0.0845 e. The lowest BCUT2D eigenvalue weighted by Crippen LogP contribution is -2.49. The second kappa shape index (κ2) is 5.07. The van der Waals surface area contributed by atoms with Crippen molar-refractivity contribution in [1.82, 2.24) is 5.32 Å². The highest BCUT2D eigenvalue weighted by atomic mass is 16.3. The van der Waals surface area contributed by atoms with Gasteiger partial charge in [0.15, 0.2) is 0 Å². The zero-order valence-electron chi connectivity index (χ0n) is 10.7. The molecule has 1 fully saturated rings. The van der Waals surface area contributed by atoms with Crippen LogP contribution in [0.4, 0.5) is 5.69 Å². The number of hydrogen-bond donors (Lipinski definition) is 2. The van der Waals surface area contributed by atoms with Crippen molar-refractivity contribution < 1.29 is 5.11 Å². The van der Waals surface area contributed by atoms with E-state index in [-0.39, 0.29) is 0 Å². The number of piperidine rings is 1. The molecule has 1 heterocycles. The van der Waals surface area contributed by atoms with Gasteiger partial charge >= 0.3 is 0 Å². The Morgan fingerprint density at radius 1 is 1.35 bits per heavy atom. The van der Waals surface area contributed by atoms with Crippen molar-refractivity contribution in [2.24, 2.45) is 0 Å². The lowest BCUT2D eigenvalue weighted by atomic mass is 9.92. The minimum atomic E-state index is -0.538. The van der Waals surface area contributed by atoms with Crippen molar-refractivity contribution in [3.63, 3.8) is 0 Å². The third-order valence-corrected chi connectivity index (χ3v) is 3.51. The summed E-state index contributed by atoms with van der Waals surface area (Å²) in [6.07, 6.45) is 1.67. The first-order valence-electron chi connectivity index (χ1n) is 6.30. The van der Waals surface area contributed by atoms with E-state index in [4.69, 9.17) is 0 Å². The third kappa shape index (κ3) is 3.20. The van der Waals surface area contributed by atoms with Crippen LogP contribution in [-0.2, 0) is 0 Å². The molecular weight excluding hydrogens is 212 g/mol. The monoisotopic (exact) mass is 234 g/mol. The molecule has 1 aliphatic heterocycles. The molecule has 2 N–H and O–H groups in total. The van der Waals surface area contributed by atoms with E-state index in [0.29, 0.717) is 6.54 Å². The summed E-state index contributed by atoms with van der Waals surface area (Å²) in [6, 6.07) is 8.41. The number of aliphatic hydroxyl groups is 1. The van der Waals surface area contributed by atoms with Gasteiger partial charge < -0.3 is 15.3 Å². The quantitative estimate of drug-likeness (QED) is 0.833. The maximum absolute atomic E-state index is 10.5. The predicted octanol–water partition coefficient (Wildman–Crippen LogP) is 1.55. The summed E-state index contributed by atoms with van der Waals surface area (Å²) in [5, 5.41) is 13.8. The fraction of sp³-hybridized carbons (Fsp3) is 0.571.